The molecule has 1 aliphatic rings. The summed E-state index contributed by atoms with van der Waals surface area (Å²) in [4.78, 5) is 11.1. The Balaban J connectivity index is 2.23. The van der Waals surface area contributed by atoms with Crippen LogP contribution in [0.25, 0.3) is 0 Å². The zero-order chi connectivity index (χ0) is 11.5. The molecule has 0 spiro atoms. The molecule has 0 aromatic heterocycles. The van der Waals surface area contributed by atoms with Gasteiger partial charge in [-0.15, -0.1) is 0 Å². The number of fused-ring (bicyclic) bond motifs is 1. The van der Waals surface area contributed by atoms with E-state index in [1.807, 2.05) is 18.2 Å². The molecule has 1 amide bonds. The van der Waals surface area contributed by atoms with Crippen LogP contribution in [-0.2, 0) is 17.6 Å². The van der Waals surface area contributed by atoms with E-state index in [9.17, 15) is 4.79 Å². The molecule has 0 bridgehead atoms. The molecule has 4 heteroatoms. The van der Waals surface area contributed by atoms with E-state index in [0.717, 1.165) is 19.3 Å². The summed E-state index contributed by atoms with van der Waals surface area (Å²) in [6.45, 7) is 0. The van der Waals surface area contributed by atoms with Gasteiger partial charge in [-0.25, -0.2) is 0 Å². The number of rotatable bonds is 2. The smallest absolute Gasteiger partial charge is 0.266 e. The fourth-order valence-electron chi connectivity index (χ4n) is 2.26. The van der Waals surface area contributed by atoms with Gasteiger partial charge in [-0.1, -0.05) is 29.4 Å². The van der Waals surface area contributed by atoms with Gasteiger partial charge >= 0.3 is 0 Å². The number of nitrogens with zero attached hydrogens (tertiary/aromatic N) is 1. The molecule has 0 aliphatic heterocycles. The number of hydrogen-bond acceptors (Lipinski definition) is 3. The van der Waals surface area contributed by atoms with E-state index in [1.54, 1.807) is 0 Å². The van der Waals surface area contributed by atoms with Crippen molar-refractivity contribution in [2.24, 2.45) is 16.8 Å². The van der Waals surface area contributed by atoms with Crippen LogP contribution >= 0.6 is 0 Å². The highest BCUT2D eigenvalue weighted by Gasteiger charge is 2.26. The third-order valence-corrected chi connectivity index (χ3v) is 3.09. The van der Waals surface area contributed by atoms with Crippen molar-refractivity contribution >= 4 is 11.6 Å². The maximum atomic E-state index is 11.1. The van der Waals surface area contributed by atoms with Crippen LogP contribution in [-0.4, -0.2) is 16.8 Å². The van der Waals surface area contributed by atoms with Gasteiger partial charge in [0.2, 0.25) is 0 Å². The summed E-state index contributed by atoms with van der Waals surface area (Å²) >= 11 is 0. The molecule has 84 valence electrons. The number of oxime groups is 1. The third kappa shape index (κ3) is 1.91. The van der Waals surface area contributed by atoms with Gasteiger partial charge in [-0.3, -0.25) is 4.79 Å². The second kappa shape index (κ2) is 4.35. The topological polar surface area (TPSA) is 75.7 Å². The van der Waals surface area contributed by atoms with Gasteiger partial charge in [0.05, 0.1) is 0 Å². The van der Waals surface area contributed by atoms with Crippen LogP contribution in [0.15, 0.2) is 29.4 Å². The molecule has 1 aromatic rings. The number of nitrogens with two attached hydrogens (primary N) is 1. The van der Waals surface area contributed by atoms with E-state index in [2.05, 4.69) is 11.2 Å². The van der Waals surface area contributed by atoms with Crippen LogP contribution in [0, 0.1) is 5.92 Å². The summed E-state index contributed by atoms with van der Waals surface area (Å²) in [6.07, 6.45) is 2.42. The second-order valence-corrected chi connectivity index (χ2v) is 4.06. The first-order valence-electron chi connectivity index (χ1n) is 5.31. The van der Waals surface area contributed by atoms with Crippen molar-refractivity contribution < 1.29 is 10.0 Å². The van der Waals surface area contributed by atoms with Crippen LogP contribution in [0.4, 0.5) is 0 Å². The zero-order valence-corrected chi connectivity index (χ0v) is 8.89. The van der Waals surface area contributed by atoms with Crippen LogP contribution < -0.4 is 5.73 Å². The van der Waals surface area contributed by atoms with Crippen molar-refractivity contribution in [3.05, 3.63) is 35.4 Å². The number of benzene rings is 1. The average molecular weight is 218 g/mol. The van der Waals surface area contributed by atoms with Gasteiger partial charge in [0.1, 0.15) is 5.71 Å². The fraction of sp³-hybridized carbons (Fsp3) is 0.333. The molecule has 1 aliphatic carbocycles. The van der Waals surface area contributed by atoms with Crippen molar-refractivity contribution in [3.8, 4) is 0 Å². The Kier molecular flexibility index (Phi) is 2.90. The number of amides is 1. The summed E-state index contributed by atoms with van der Waals surface area (Å²) in [5.41, 5.74) is 7.78. The summed E-state index contributed by atoms with van der Waals surface area (Å²) in [6, 6.07) is 8.11. The summed E-state index contributed by atoms with van der Waals surface area (Å²) in [5, 5.41) is 11.8. The molecule has 0 heterocycles. The fourth-order valence-corrected chi connectivity index (χ4v) is 2.26. The first kappa shape index (κ1) is 10.7. The molecule has 0 fully saturated rings. The summed E-state index contributed by atoms with van der Waals surface area (Å²) < 4.78 is 0. The Labute approximate surface area is 93.8 Å². The Bertz CT molecular complexity index is 440. The van der Waals surface area contributed by atoms with E-state index >= 15 is 0 Å². The minimum absolute atomic E-state index is 0.0580. The van der Waals surface area contributed by atoms with E-state index < -0.39 is 5.91 Å². The summed E-state index contributed by atoms with van der Waals surface area (Å²) in [5.74, 6) is -0.690. The van der Waals surface area contributed by atoms with Crippen LogP contribution in [0.5, 0.6) is 0 Å². The average Bonchev–Trinajstić information content (AvgIpc) is 2.29. The zero-order valence-electron chi connectivity index (χ0n) is 8.89. The van der Waals surface area contributed by atoms with E-state index in [1.165, 1.54) is 11.1 Å². The first-order valence-corrected chi connectivity index (χ1v) is 5.31. The molecule has 0 saturated heterocycles. The Hall–Kier alpha value is -1.84. The molecule has 16 heavy (non-hydrogen) atoms. The lowest BCUT2D eigenvalue weighted by atomic mass is 9.81. The number of hydrogen-bond donors (Lipinski definition) is 2. The highest BCUT2D eigenvalue weighted by Crippen LogP contribution is 2.26. The van der Waals surface area contributed by atoms with Crippen LogP contribution in [0.3, 0.4) is 0 Å². The number of primary amides is 1. The van der Waals surface area contributed by atoms with E-state index in [-0.39, 0.29) is 11.6 Å². The molecule has 0 saturated carbocycles. The molecule has 0 radical (unpaired) electrons. The lowest BCUT2D eigenvalue weighted by Crippen LogP contribution is -2.33. The molecule has 4 nitrogen and oxygen atoms in total. The SMILES string of the molecule is NC(=O)C(=NO)C1CCc2ccccc2C1. The van der Waals surface area contributed by atoms with Crippen molar-refractivity contribution in [2.45, 2.75) is 19.3 Å². The van der Waals surface area contributed by atoms with Gasteiger partial charge in [0.25, 0.3) is 5.91 Å². The lowest BCUT2D eigenvalue weighted by molar-refractivity contribution is -0.112. The molecular weight excluding hydrogens is 204 g/mol. The van der Waals surface area contributed by atoms with Gasteiger partial charge in [0.15, 0.2) is 0 Å². The van der Waals surface area contributed by atoms with Gasteiger partial charge in [-0.05, 0) is 30.4 Å². The van der Waals surface area contributed by atoms with Crippen molar-refractivity contribution in [3.63, 3.8) is 0 Å². The molecule has 1 unspecified atom stereocenters. The maximum Gasteiger partial charge on any atom is 0.266 e. The van der Waals surface area contributed by atoms with Crippen LogP contribution in [0.2, 0.25) is 0 Å². The van der Waals surface area contributed by atoms with Gasteiger partial charge in [-0.2, -0.15) is 0 Å². The number of aryl methyl sites for hydroxylation is 1. The quantitative estimate of drug-likeness (QED) is 0.443. The van der Waals surface area contributed by atoms with E-state index in [4.69, 9.17) is 10.9 Å². The molecule has 1 aromatic carbocycles. The normalized spacial score (nSPS) is 20.2. The van der Waals surface area contributed by atoms with Gasteiger partial charge < -0.3 is 10.9 Å². The predicted octanol–water partition coefficient (Wildman–Crippen LogP) is 1.11. The van der Waals surface area contributed by atoms with E-state index in [0.29, 0.717) is 0 Å². The van der Waals surface area contributed by atoms with Crippen molar-refractivity contribution in [1.82, 2.24) is 0 Å². The van der Waals surface area contributed by atoms with Crippen molar-refractivity contribution in [1.29, 1.82) is 0 Å². The lowest BCUT2D eigenvalue weighted by Gasteiger charge is -2.23. The largest absolute Gasteiger partial charge is 0.410 e. The maximum absolute atomic E-state index is 11.1. The monoisotopic (exact) mass is 218 g/mol. The Morgan fingerprint density at radius 1 is 1.38 bits per heavy atom. The standard InChI is InChI=1S/C12H14N2O2/c13-12(15)11(14-16)10-6-5-8-3-1-2-4-9(8)7-10/h1-4,10,16H,5-7H2,(H2,13,15). The second-order valence-electron chi connectivity index (χ2n) is 4.06. The molecule has 1 atom stereocenters. The summed E-state index contributed by atoms with van der Waals surface area (Å²) in [7, 11) is 0. The minimum Gasteiger partial charge on any atom is -0.410 e. The third-order valence-electron chi connectivity index (χ3n) is 3.09. The predicted molar refractivity (Wildman–Crippen MR) is 60.4 cm³/mol. The number of carbonyl (C=O) groups is 1. The minimum atomic E-state index is -0.633. The Morgan fingerprint density at radius 2 is 2.06 bits per heavy atom. The van der Waals surface area contributed by atoms with Gasteiger partial charge in [0, 0.05) is 5.92 Å². The molecule has 3 N–H and O–H groups in total. The molecular formula is C12H14N2O2. The molecule has 2 rings (SSSR count). The first-order chi connectivity index (χ1) is 7.72. The highest BCUT2D eigenvalue weighted by atomic mass is 16.4. The Morgan fingerprint density at radius 3 is 2.69 bits per heavy atom. The van der Waals surface area contributed by atoms with Crippen molar-refractivity contribution in [2.75, 3.05) is 0 Å². The highest BCUT2D eigenvalue weighted by molar-refractivity contribution is 6.39. The number of carbonyl (C=O) groups excluding carboxylic acids is 1. The van der Waals surface area contributed by atoms with Crippen LogP contribution in [0.1, 0.15) is 17.5 Å².